The fraction of sp³-hybridized carbons (Fsp3) is 0.857. The van der Waals surface area contributed by atoms with E-state index in [2.05, 4.69) is 84.4 Å². The smallest absolute Gasteiger partial charge is 0.259 e. The second-order valence-corrected chi connectivity index (χ2v) is 11.8. The number of nitrogens with zero attached hydrogens (tertiary/aromatic N) is 1. The molecule has 0 heterocycles. The molecule has 32 heavy (non-hydrogen) atoms. The highest BCUT2D eigenvalue weighted by atomic mass is 31.2. The number of rotatable bonds is 20. The molecule has 0 amide bonds. The molecule has 0 radical (unpaired) electrons. The van der Waals surface area contributed by atoms with E-state index in [0.717, 1.165) is 19.4 Å². The van der Waals surface area contributed by atoms with Crippen LogP contribution >= 0.6 is 8.53 Å². The molecular weight excluding hydrogens is 413 g/mol. The molecule has 0 aromatic rings. The molecule has 0 aliphatic rings. The van der Waals surface area contributed by atoms with E-state index < -0.39 is 8.53 Å². The molecule has 0 spiro atoms. The minimum Gasteiger partial charge on any atom is -0.322 e. The van der Waals surface area contributed by atoms with Gasteiger partial charge in [0.05, 0.1) is 12.2 Å². The molecule has 0 aliphatic heterocycles. The average molecular weight is 470 g/mol. The van der Waals surface area contributed by atoms with Crippen LogP contribution in [-0.2, 0) is 9.05 Å². The summed E-state index contributed by atoms with van der Waals surface area (Å²) in [6, 6.07) is 0.832. The second-order valence-electron chi connectivity index (χ2n) is 10.4. The SMILES string of the molecule is CCCCC/C=C\C/C=C\CCCCCCCCOP(OC(C)(C)C)N(C(C)C)C(C)C. The van der Waals surface area contributed by atoms with E-state index in [1.807, 2.05) is 0 Å². The Hall–Kier alpha value is -0.210. The highest BCUT2D eigenvalue weighted by Gasteiger charge is 2.30. The molecule has 0 fully saturated rings. The van der Waals surface area contributed by atoms with Crippen LogP contribution in [0.15, 0.2) is 24.3 Å². The number of hydrogen-bond acceptors (Lipinski definition) is 3. The van der Waals surface area contributed by atoms with E-state index in [1.54, 1.807) is 0 Å². The maximum atomic E-state index is 6.31. The largest absolute Gasteiger partial charge is 0.322 e. The molecule has 4 heteroatoms. The van der Waals surface area contributed by atoms with Gasteiger partial charge in [0, 0.05) is 12.1 Å². The first kappa shape index (κ1) is 31.8. The van der Waals surface area contributed by atoms with Crippen LogP contribution in [-0.4, -0.2) is 29.0 Å². The molecule has 1 unspecified atom stereocenters. The summed E-state index contributed by atoms with van der Waals surface area (Å²) < 4.78 is 15.0. The maximum Gasteiger partial charge on any atom is 0.259 e. The van der Waals surface area contributed by atoms with Crippen LogP contribution in [0.4, 0.5) is 0 Å². The Bertz CT molecular complexity index is 461. The molecule has 0 N–H and O–H groups in total. The third kappa shape index (κ3) is 19.3. The molecule has 0 aromatic heterocycles. The van der Waals surface area contributed by atoms with Crippen LogP contribution in [0.5, 0.6) is 0 Å². The normalized spacial score (nSPS) is 14.1. The molecule has 0 bridgehead atoms. The Morgan fingerprint density at radius 1 is 0.719 bits per heavy atom. The quantitative estimate of drug-likeness (QED) is 0.101. The van der Waals surface area contributed by atoms with Gasteiger partial charge in [0.25, 0.3) is 8.53 Å². The fourth-order valence-corrected chi connectivity index (χ4v) is 5.37. The zero-order valence-electron chi connectivity index (χ0n) is 22.9. The van der Waals surface area contributed by atoms with Crippen LogP contribution in [0.2, 0.25) is 0 Å². The van der Waals surface area contributed by atoms with Crippen molar-refractivity contribution in [2.45, 2.75) is 150 Å². The first-order valence-electron chi connectivity index (χ1n) is 13.4. The monoisotopic (exact) mass is 469 g/mol. The molecule has 0 saturated carbocycles. The first-order chi connectivity index (χ1) is 15.2. The van der Waals surface area contributed by atoms with E-state index in [0.29, 0.717) is 12.1 Å². The van der Waals surface area contributed by atoms with E-state index in [9.17, 15) is 0 Å². The molecule has 0 aromatic carbocycles. The van der Waals surface area contributed by atoms with Gasteiger partial charge in [-0.15, -0.1) is 0 Å². The third-order valence-corrected chi connectivity index (χ3v) is 7.55. The van der Waals surface area contributed by atoms with Crippen LogP contribution in [0.3, 0.4) is 0 Å². The van der Waals surface area contributed by atoms with Gasteiger partial charge in [-0.1, -0.05) is 69.8 Å². The summed E-state index contributed by atoms with van der Waals surface area (Å²) in [4.78, 5) is 0. The lowest BCUT2D eigenvalue weighted by Gasteiger charge is -2.38. The molecule has 3 nitrogen and oxygen atoms in total. The van der Waals surface area contributed by atoms with Crippen molar-refractivity contribution in [3.63, 3.8) is 0 Å². The van der Waals surface area contributed by atoms with Gasteiger partial charge in [0.2, 0.25) is 0 Å². The summed E-state index contributed by atoms with van der Waals surface area (Å²) in [5.41, 5.74) is -0.187. The van der Waals surface area contributed by atoms with Gasteiger partial charge < -0.3 is 9.05 Å². The van der Waals surface area contributed by atoms with Crippen molar-refractivity contribution in [2.75, 3.05) is 6.61 Å². The Kier molecular flexibility index (Phi) is 20.1. The van der Waals surface area contributed by atoms with Gasteiger partial charge >= 0.3 is 0 Å². The molecule has 190 valence electrons. The van der Waals surface area contributed by atoms with Gasteiger partial charge in [-0.3, -0.25) is 0 Å². The molecular formula is C28H56NO2P. The highest BCUT2D eigenvalue weighted by molar-refractivity contribution is 7.44. The van der Waals surface area contributed by atoms with Gasteiger partial charge in [-0.25, -0.2) is 4.67 Å². The lowest BCUT2D eigenvalue weighted by atomic mass is 10.1. The fourth-order valence-electron chi connectivity index (χ4n) is 3.58. The van der Waals surface area contributed by atoms with E-state index in [-0.39, 0.29) is 5.60 Å². The minimum absolute atomic E-state index is 0.187. The van der Waals surface area contributed by atoms with Gasteiger partial charge in [0.15, 0.2) is 0 Å². The van der Waals surface area contributed by atoms with Crippen molar-refractivity contribution >= 4 is 8.53 Å². The van der Waals surface area contributed by atoms with Gasteiger partial charge in [0.1, 0.15) is 0 Å². The Morgan fingerprint density at radius 2 is 1.22 bits per heavy atom. The van der Waals surface area contributed by atoms with Crippen LogP contribution < -0.4 is 0 Å². The topological polar surface area (TPSA) is 21.7 Å². The maximum absolute atomic E-state index is 6.31. The van der Waals surface area contributed by atoms with E-state index in [4.69, 9.17) is 9.05 Å². The summed E-state index contributed by atoms with van der Waals surface area (Å²) >= 11 is 0. The highest BCUT2D eigenvalue weighted by Crippen LogP contribution is 2.49. The van der Waals surface area contributed by atoms with Gasteiger partial charge in [-0.05, 0) is 87.0 Å². The zero-order chi connectivity index (χ0) is 24.2. The molecule has 1 atom stereocenters. The summed E-state index contributed by atoms with van der Waals surface area (Å²) in [6.45, 7) is 18.3. The Morgan fingerprint density at radius 3 is 1.72 bits per heavy atom. The standard InChI is InChI=1S/C28H56NO2P/c1-9-10-11-12-13-14-15-16-17-18-19-20-21-22-23-24-25-30-32(31-28(6,7)8)29(26(2)3)27(4)5/h13-14,16-17,26-27H,9-12,15,18-25H2,1-8H3/b14-13-,17-16-. The number of allylic oxidation sites excluding steroid dienone is 4. The Balaban J connectivity index is 3.86. The minimum atomic E-state index is -1.01. The first-order valence-corrected chi connectivity index (χ1v) is 14.5. The zero-order valence-corrected chi connectivity index (χ0v) is 23.8. The summed E-state index contributed by atoms with van der Waals surface area (Å²) in [5.74, 6) is 0. The predicted molar refractivity (Wildman–Crippen MR) is 145 cm³/mol. The average Bonchev–Trinajstić information content (AvgIpc) is 2.68. The van der Waals surface area contributed by atoms with E-state index in [1.165, 1.54) is 64.2 Å². The second kappa shape index (κ2) is 20.2. The number of hydrogen-bond donors (Lipinski definition) is 0. The predicted octanol–water partition coefficient (Wildman–Crippen LogP) is 9.98. The summed E-state index contributed by atoms with van der Waals surface area (Å²) in [6.07, 6.45) is 24.6. The third-order valence-electron chi connectivity index (χ3n) is 5.15. The number of unbranched alkanes of at least 4 members (excludes halogenated alkanes) is 9. The summed E-state index contributed by atoms with van der Waals surface area (Å²) in [5, 5.41) is 0. The van der Waals surface area contributed by atoms with Crippen molar-refractivity contribution in [3.05, 3.63) is 24.3 Å². The lowest BCUT2D eigenvalue weighted by molar-refractivity contribution is 0.0856. The van der Waals surface area contributed by atoms with Gasteiger partial charge in [-0.2, -0.15) is 0 Å². The van der Waals surface area contributed by atoms with Crippen LogP contribution in [0, 0.1) is 0 Å². The van der Waals surface area contributed by atoms with Crippen molar-refractivity contribution in [2.24, 2.45) is 0 Å². The Labute approximate surface area is 203 Å². The lowest BCUT2D eigenvalue weighted by Crippen LogP contribution is -2.35. The molecule has 0 aliphatic carbocycles. The van der Waals surface area contributed by atoms with Crippen molar-refractivity contribution < 1.29 is 9.05 Å². The van der Waals surface area contributed by atoms with Crippen molar-refractivity contribution in [1.29, 1.82) is 0 Å². The van der Waals surface area contributed by atoms with Crippen molar-refractivity contribution in [3.8, 4) is 0 Å². The summed E-state index contributed by atoms with van der Waals surface area (Å²) in [7, 11) is -1.01. The van der Waals surface area contributed by atoms with Crippen LogP contribution in [0.1, 0.15) is 132 Å². The van der Waals surface area contributed by atoms with Crippen molar-refractivity contribution in [1.82, 2.24) is 4.67 Å². The molecule has 0 saturated heterocycles. The van der Waals surface area contributed by atoms with E-state index >= 15 is 0 Å². The van der Waals surface area contributed by atoms with Crippen LogP contribution in [0.25, 0.3) is 0 Å². The molecule has 0 rings (SSSR count).